The molecule has 2 aromatic rings. The van der Waals surface area contributed by atoms with Crippen LogP contribution in [-0.2, 0) is 16.2 Å². The first-order chi connectivity index (χ1) is 15.4. The van der Waals surface area contributed by atoms with Gasteiger partial charge in [0.05, 0.1) is 39.3 Å². The Hall–Kier alpha value is -2.84. The van der Waals surface area contributed by atoms with Crippen molar-refractivity contribution in [3.63, 3.8) is 0 Å². The fourth-order valence-electron chi connectivity index (χ4n) is 3.46. The summed E-state index contributed by atoms with van der Waals surface area (Å²) in [6.07, 6.45) is -0.900. The summed E-state index contributed by atoms with van der Waals surface area (Å²) in [6, 6.07) is 4.66. The number of carbonyl (C=O) groups is 1. The topological polar surface area (TPSA) is 96.3 Å². The molecule has 12 heteroatoms. The quantitative estimate of drug-likeness (QED) is 0.555. The van der Waals surface area contributed by atoms with E-state index in [0.29, 0.717) is 18.6 Å². The van der Waals surface area contributed by atoms with E-state index in [1.807, 2.05) is 0 Å². The maximum absolute atomic E-state index is 14.5. The molecule has 2 aromatic carbocycles. The zero-order chi connectivity index (χ0) is 24.4. The van der Waals surface area contributed by atoms with Gasteiger partial charge in [-0.15, -0.1) is 0 Å². The molecule has 0 unspecified atom stereocenters. The van der Waals surface area contributed by atoms with E-state index >= 15 is 0 Å². The van der Waals surface area contributed by atoms with Crippen LogP contribution in [0.4, 0.5) is 17.6 Å². The van der Waals surface area contributed by atoms with Crippen LogP contribution in [0.5, 0.6) is 5.75 Å². The van der Waals surface area contributed by atoms with Crippen molar-refractivity contribution < 1.29 is 35.5 Å². The molecule has 1 saturated carbocycles. The molecular weight excluding hydrogens is 488 g/mol. The molecule has 0 spiro atoms. The molecule has 1 aliphatic carbocycles. The second kappa shape index (κ2) is 9.57. The molecule has 0 atom stereocenters. The number of amides is 1. The highest BCUT2D eigenvalue weighted by atomic mass is 35.5. The minimum Gasteiger partial charge on any atom is -0.492 e. The zero-order valence-corrected chi connectivity index (χ0v) is 18.5. The Kier molecular flexibility index (Phi) is 7.19. The third kappa shape index (κ3) is 5.75. The SMILES string of the molecule is N#Cc1ccc(S(=O)(=O)NC(=O)c2cc(Cl)c(OCC3CCCC3)cc2F)cc1C(F)(F)F. The smallest absolute Gasteiger partial charge is 0.417 e. The predicted molar refractivity (Wildman–Crippen MR) is 110 cm³/mol. The van der Waals surface area contributed by atoms with Crippen LogP contribution >= 0.6 is 11.6 Å². The van der Waals surface area contributed by atoms with Gasteiger partial charge in [0.2, 0.25) is 0 Å². The summed E-state index contributed by atoms with van der Waals surface area (Å²) in [5.74, 6) is -2.26. The van der Waals surface area contributed by atoms with Crippen molar-refractivity contribution in [2.45, 2.75) is 36.8 Å². The van der Waals surface area contributed by atoms with E-state index in [9.17, 15) is 30.8 Å². The number of halogens is 5. The number of nitrogens with zero attached hydrogens (tertiary/aromatic N) is 1. The van der Waals surface area contributed by atoms with Gasteiger partial charge in [0.15, 0.2) is 0 Å². The van der Waals surface area contributed by atoms with Gasteiger partial charge in [0.1, 0.15) is 11.6 Å². The van der Waals surface area contributed by atoms with Gasteiger partial charge in [0.25, 0.3) is 15.9 Å². The number of rotatable bonds is 6. The van der Waals surface area contributed by atoms with Gasteiger partial charge in [-0.25, -0.2) is 17.5 Å². The van der Waals surface area contributed by atoms with E-state index in [2.05, 4.69) is 0 Å². The molecule has 0 aromatic heterocycles. The van der Waals surface area contributed by atoms with Gasteiger partial charge in [-0.1, -0.05) is 24.4 Å². The second-order valence-corrected chi connectivity index (χ2v) is 9.57. The molecule has 3 rings (SSSR count). The summed E-state index contributed by atoms with van der Waals surface area (Å²) in [4.78, 5) is 11.5. The van der Waals surface area contributed by atoms with Crippen molar-refractivity contribution >= 4 is 27.5 Å². The van der Waals surface area contributed by atoms with Crippen LogP contribution < -0.4 is 9.46 Å². The van der Waals surface area contributed by atoms with Crippen molar-refractivity contribution in [2.75, 3.05) is 6.61 Å². The van der Waals surface area contributed by atoms with E-state index in [1.54, 1.807) is 0 Å². The Morgan fingerprint density at radius 1 is 1.21 bits per heavy atom. The van der Waals surface area contributed by atoms with Crippen molar-refractivity contribution in [3.05, 3.63) is 57.9 Å². The molecule has 0 heterocycles. The number of hydrogen-bond acceptors (Lipinski definition) is 5. The average Bonchev–Trinajstić information content (AvgIpc) is 3.26. The number of hydrogen-bond donors (Lipinski definition) is 1. The number of nitrogens with one attached hydrogen (secondary N) is 1. The molecule has 6 nitrogen and oxygen atoms in total. The molecule has 0 saturated heterocycles. The molecular formula is C21H17ClF4N2O4S. The van der Waals surface area contributed by atoms with Crippen LogP contribution in [-0.4, -0.2) is 20.9 Å². The fourth-order valence-corrected chi connectivity index (χ4v) is 4.67. The largest absolute Gasteiger partial charge is 0.492 e. The van der Waals surface area contributed by atoms with Crippen LogP contribution in [0.3, 0.4) is 0 Å². The van der Waals surface area contributed by atoms with E-state index in [4.69, 9.17) is 21.6 Å². The lowest BCUT2D eigenvalue weighted by Gasteiger charge is -2.14. The van der Waals surface area contributed by atoms with Crippen LogP contribution in [0.25, 0.3) is 0 Å². The van der Waals surface area contributed by atoms with Gasteiger partial charge in [-0.05, 0) is 43.0 Å². The number of sulfonamides is 1. The molecule has 1 amide bonds. The maximum atomic E-state index is 14.5. The van der Waals surface area contributed by atoms with Crippen molar-refractivity contribution in [3.8, 4) is 11.8 Å². The van der Waals surface area contributed by atoms with Crippen LogP contribution in [0.15, 0.2) is 35.2 Å². The summed E-state index contributed by atoms with van der Waals surface area (Å²) < 4.78 is 85.8. The Morgan fingerprint density at radius 3 is 2.48 bits per heavy atom. The second-order valence-electron chi connectivity index (χ2n) is 7.48. The van der Waals surface area contributed by atoms with Crippen molar-refractivity contribution in [1.82, 2.24) is 4.72 Å². The third-order valence-corrected chi connectivity index (χ3v) is 6.79. The first kappa shape index (κ1) is 24.8. The lowest BCUT2D eigenvalue weighted by atomic mass is 10.1. The van der Waals surface area contributed by atoms with E-state index < -0.39 is 49.5 Å². The molecule has 0 aliphatic heterocycles. The molecule has 0 bridgehead atoms. The van der Waals surface area contributed by atoms with Gasteiger partial charge in [0, 0.05) is 6.07 Å². The van der Waals surface area contributed by atoms with Crippen LogP contribution in [0.1, 0.15) is 47.2 Å². The summed E-state index contributed by atoms with van der Waals surface area (Å²) >= 11 is 6.05. The Bertz CT molecular complexity index is 1220. The number of carbonyl (C=O) groups excluding carboxylic acids is 1. The molecule has 1 aliphatic rings. The standard InChI is InChI=1S/C21H17ClF4N2O4S/c22-17-8-15(18(23)9-19(17)32-11-12-3-1-2-4-12)20(29)28-33(30,31)14-6-5-13(10-27)16(7-14)21(24,25)26/h5-9,12H,1-4,11H2,(H,28,29). The van der Waals surface area contributed by atoms with Gasteiger partial charge in [-0.2, -0.15) is 18.4 Å². The first-order valence-electron chi connectivity index (χ1n) is 9.72. The average molecular weight is 505 g/mol. The lowest BCUT2D eigenvalue weighted by molar-refractivity contribution is -0.137. The normalized spacial score (nSPS) is 14.7. The summed E-state index contributed by atoms with van der Waals surface area (Å²) in [5, 5.41) is 8.68. The minimum absolute atomic E-state index is 0.0117. The summed E-state index contributed by atoms with van der Waals surface area (Å²) in [5.41, 5.74) is -3.02. The fraction of sp³-hybridized carbons (Fsp3) is 0.333. The highest BCUT2D eigenvalue weighted by Crippen LogP contribution is 2.34. The lowest BCUT2D eigenvalue weighted by Crippen LogP contribution is -2.31. The van der Waals surface area contributed by atoms with E-state index in [1.165, 1.54) is 10.8 Å². The Labute approximate surface area is 192 Å². The molecule has 0 radical (unpaired) electrons. The van der Waals surface area contributed by atoms with Gasteiger partial charge >= 0.3 is 6.18 Å². The third-order valence-electron chi connectivity index (χ3n) is 5.17. The highest BCUT2D eigenvalue weighted by Gasteiger charge is 2.35. The van der Waals surface area contributed by atoms with Crippen LogP contribution in [0, 0.1) is 23.1 Å². The summed E-state index contributed by atoms with van der Waals surface area (Å²) in [6.45, 7) is 0.319. The maximum Gasteiger partial charge on any atom is 0.417 e. The minimum atomic E-state index is -5.01. The first-order valence-corrected chi connectivity index (χ1v) is 11.6. The molecule has 1 fully saturated rings. The monoisotopic (exact) mass is 504 g/mol. The van der Waals surface area contributed by atoms with Gasteiger partial charge in [-0.3, -0.25) is 4.79 Å². The Balaban J connectivity index is 1.81. The van der Waals surface area contributed by atoms with Crippen molar-refractivity contribution in [1.29, 1.82) is 5.26 Å². The number of alkyl halides is 3. The van der Waals surface area contributed by atoms with E-state index in [0.717, 1.165) is 43.9 Å². The van der Waals surface area contributed by atoms with E-state index in [-0.39, 0.29) is 16.8 Å². The molecule has 176 valence electrons. The van der Waals surface area contributed by atoms with Crippen molar-refractivity contribution in [2.24, 2.45) is 5.92 Å². The number of ether oxygens (including phenoxy) is 1. The summed E-state index contributed by atoms with van der Waals surface area (Å²) in [7, 11) is -4.83. The van der Waals surface area contributed by atoms with Crippen LogP contribution in [0.2, 0.25) is 5.02 Å². The number of nitriles is 1. The highest BCUT2D eigenvalue weighted by molar-refractivity contribution is 7.90. The predicted octanol–water partition coefficient (Wildman–Crippen LogP) is 5.06. The number of benzene rings is 2. The Morgan fingerprint density at radius 2 is 1.88 bits per heavy atom. The van der Waals surface area contributed by atoms with Gasteiger partial charge < -0.3 is 4.74 Å². The molecule has 1 N–H and O–H groups in total. The molecule has 33 heavy (non-hydrogen) atoms. The zero-order valence-electron chi connectivity index (χ0n) is 16.9.